The summed E-state index contributed by atoms with van der Waals surface area (Å²) in [5.74, 6) is -3.02. The Morgan fingerprint density at radius 1 is 1.38 bits per heavy atom. The molecule has 0 aliphatic heterocycles. The highest BCUT2D eigenvalue weighted by molar-refractivity contribution is 7.99. The number of hydrogen-bond donors (Lipinski definition) is 0. The first-order valence-corrected chi connectivity index (χ1v) is 4.39. The van der Waals surface area contributed by atoms with E-state index in [1.165, 1.54) is 6.08 Å². The van der Waals surface area contributed by atoms with Crippen molar-refractivity contribution in [2.24, 2.45) is 0 Å². The Kier molecular flexibility index (Phi) is 3.36. The Bertz CT molecular complexity index is 327. The fraction of sp³-hybridized carbons (Fsp3) is 0.125. The molecule has 0 N–H and O–H groups in total. The van der Waals surface area contributed by atoms with E-state index in [0.29, 0.717) is 11.8 Å². The molecule has 13 heavy (non-hydrogen) atoms. The van der Waals surface area contributed by atoms with Gasteiger partial charge in [0.25, 0.3) is 0 Å². The lowest BCUT2D eigenvalue weighted by Gasteiger charge is -1.99. The number of halogens is 3. The minimum Gasteiger partial charge on any atom is -0.208 e. The molecule has 0 aromatic carbocycles. The fourth-order valence-electron chi connectivity index (χ4n) is 0.668. The zero-order chi connectivity index (χ0) is 9.84. The van der Waals surface area contributed by atoms with Crippen LogP contribution in [0.5, 0.6) is 0 Å². The van der Waals surface area contributed by atoms with Crippen molar-refractivity contribution in [3.05, 3.63) is 36.3 Å². The van der Waals surface area contributed by atoms with E-state index in [9.17, 15) is 13.2 Å². The maximum absolute atomic E-state index is 12.8. The molecule has 0 amide bonds. The highest BCUT2D eigenvalue weighted by Gasteiger charge is 2.10. The Labute approximate surface area is 77.7 Å². The summed E-state index contributed by atoms with van der Waals surface area (Å²) in [7, 11) is 0. The molecule has 70 valence electrons. The fourth-order valence-corrected chi connectivity index (χ4v) is 1.28. The van der Waals surface area contributed by atoms with Crippen molar-refractivity contribution in [2.45, 2.75) is 5.03 Å². The highest BCUT2D eigenvalue weighted by atomic mass is 32.2. The van der Waals surface area contributed by atoms with E-state index < -0.39 is 17.6 Å². The molecule has 0 unspecified atom stereocenters. The third-order valence-electron chi connectivity index (χ3n) is 1.19. The summed E-state index contributed by atoms with van der Waals surface area (Å²) in [5.41, 5.74) is 0. The Balaban J connectivity index is 2.94. The molecule has 1 rings (SSSR count). The molecule has 1 aromatic rings. The average molecular weight is 205 g/mol. The SMILES string of the molecule is C=CCSc1nc(F)c(F)cc1F. The molecule has 0 saturated heterocycles. The van der Waals surface area contributed by atoms with E-state index in [1.807, 2.05) is 0 Å². The van der Waals surface area contributed by atoms with Crippen molar-refractivity contribution < 1.29 is 13.2 Å². The Morgan fingerprint density at radius 3 is 2.69 bits per heavy atom. The van der Waals surface area contributed by atoms with Gasteiger partial charge in [-0.3, -0.25) is 0 Å². The van der Waals surface area contributed by atoms with Gasteiger partial charge in [0.2, 0.25) is 5.95 Å². The van der Waals surface area contributed by atoms with Gasteiger partial charge >= 0.3 is 0 Å². The summed E-state index contributed by atoms with van der Waals surface area (Å²) >= 11 is 0.959. The van der Waals surface area contributed by atoms with Crippen molar-refractivity contribution in [1.29, 1.82) is 0 Å². The molecule has 0 radical (unpaired) electrons. The molecular weight excluding hydrogens is 199 g/mol. The smallest absolute Gasteiger partial charge is 0.208 e. The van der Waals surface area contributed by atoms with Crippen LogP contribution in [-0.4, -0.2) is 10.7 Å². The molecule has 0 saturated carbocycles. The minimum atomic E-state index is -1.28. The van der Waals surface area contributed by atoms with E-state index in [0.717, 1.165) is 11.8 Å². The van der Waals surface area contributed by atoms with Crippen LogP contribution in [0.2, 0.25) is 0 Å². The number of aromatic nitrogens is 1. The Hall–Kier alpha value is -0.970. The molecular formula is C8H6F3NS. The average Bonchev–Trinajstić information content (AvgIpc) is 2.09. The van der Waals surface area contributed by atoms with Gasteiger partial charge in [-0.2, -0.15) is 4.39 Å². The van der Waals surface area contributed by atoms with Gasteiger partial charge in [0.15, 0.2) is 11.6 Å². The third-order valence-corrected chi connectivity index (χ3v) is 2.15. The monoisotopic (exact) mass is 205 g/mol. The standard InChI is InChI=1S/C8H6F3NS/c1-2-3-13-8-6(10)4-5(9)7(11)12-8/h2,4H,1,3H2. The van der Waals surface area contributed by atoms with Crippen LogP contribution in [-0.2, 0) is 0 Å². The second-order valence-corrected chi connectivity index (χ2v) is 3.16. The molecule has 0 bridgehead atoms. The largest absolute Gasteiger partial charge is 0.250 e. The van der Waals surface area contributed by atoms with Gasteiger partial charge in [-0.15, -0.1) is 6.58 Å². The molecule has 1 aromatic heterocycles. The molecule has 0 spiro atoms. The lowest BCUT2D eigenvalue weighted by Crippen LogP contribution is -1.95. The van der Waals surface area contributed by atoms with Gasteiger partial charge in [0.1, 0.15) is 5.03 Å². The second-order valence-electron chi connectivity index (χ2n) is 2.15. The zero-order valence-corrected chi connectivity index (χ0v) is 7.37. The van der Waals surface area contributed by atoms with Crippen molar-refractivity contribution >= 4 is 11.8 Å². The van der Waals surface area contributed by atoms with Crippen molar-refractivity contribution in [3.8, 4) is 0 Å². The van der Waals surface area contributed by atoms with Crippen LogP contribution < -0.4 is 0 Å². The maximum atomic E-state index is 12.8. The van der Waals surface area contributed by atoms with Gasteiger partial charge in [0.05, 0.1) is 0 Å². The first kappa shape index (κ1) is 10.1. The van der Waals surface area contributed by atoms with E-state index in [1.54, 1.807) is 0 Å². The minimum absolute atomic E-state index is 0.154. The first-order valence-electron chi connectivity index (χ1n) is 3.40. The summed E-state index contributed by atoms with van der Waals surface area (Å²) in [6, 6.07) is 0.480. The molecule has 5 heteroatoms. The maximum Gasteiger partial charge on any atom is 0.250 e. The summed E-state index contributed by atoms with van der Waals surface area (Å²) in [6.07, 6.45) is 1.52. The predicted molar refractivity (Wildman–Crippen MR) is 45.0 cm³/mol. The van der Waals surface area contributed by atoms with E-state index in [-0.39, 0.29) is 5.03 Å². The first-order chi connectivity index (χ1) is 6.15. The van der Waals surface area contributed by atoms with E-state index in [2.05, 4.69) is 11.6 Å². The summed E-state index contributed by atoms with van der Waals surface area (Å²) < 4.78 is 37.7. The molecule has 0 aliphatic carbocycles. The van der Waals surface area contributed by atoms with Gasteiger partial charge < -0.3 is 0 Å². The summed E-state index contributed by atoms with van der Waals surface area (Å²) in [4.78, 5) is 3.11. The Morgan fingerprint density at radius 2 is 2.08 bits per heavy atom. The normalized spacial score (nSPS) is 10.1. The number of nitrogens with zero attached hydrogens (tertiary/aromatic N) is 1. The quantitative estimate of drug-likeness (QED) is 0.427. The third kappa shape index (κ3) is 2.48. The van der Waals surface area contributed by atoms with E-state index >= 15 is 0 Å². The second kappa shape index (κ2) is 4.32. The van der Waals surface area contributed by atoms with Crippen LogP contribution in [0.1, 0.15) is 0 Å². The summed E-state index contributed by atoms with van der Waals surface area (Å²) in [5, 5.41) is -0.154. The van der Waals surface area contributed by atoms with Crippen molar-refractivity contribution in [1.82, 2.24) is 4.98 Å². The van der Waals surface area contributed by atoms with Crippen LogP contribution in [0, 0.1) is 17.6 Å². The number of hydrogen-bond acceptors (Lipinski definition) is 2. The van der Waals surface area contributed by atoms with Crippen LogP contribution in [0.3, 0.4) is 0 Å². The van der Waals surface area contributed by atoms with Gasteiger partial charge in [0, 0.05) is 11.8 Å². The topological polar surface area (TPSA) is 12.9 Å². The lowest BCUT2D eigenvalue weighted by molar-refractivity contribution is 0.448. The van der Waals surface area contributed by atoms with Crippen LogP contribution >= 0.6 is 11.8 Å². The molecule has 1 heterocycles. The van der Waals surface area contributed by atoms with Gasteiger partial charge in [-0.25, -0.2) is 13.8 Å². The number of pyridine rings is 1. The molecule has 0 fully saturated rings. The van der Waals surface area contributed by atoms with Gasteiger partial charge in [-0.05, 0) is 0 Å². The number of thioether (sulfide) groups is 1. The van der Waals surface area contributed by atoms with Crippen LogP contribution in [0.4, 0.5) is 13.2 Å². The molecule has 1 nitrogen and oxygen atoms in total. The lowest BCUT2D eigenvalue weighted by atomic mass is 10.4. The highest BCUT2D eigenvalue weighted by Crippen LogP contribution is 2.20. The number of rotatable bonds is 3. The van der Waals surface area contributed by atoms with Crippen LogP contribution in [0.25, 0.3) is 0 Å². The predicted octanol–water partition coefficient (Wildman–Crippen LogP) is 2.78. The van der Waals surface area contributed by atoms with Crippen molar-refractivity contribution in [2.75, 3.05) is 5.75 Å². The zero-order valence-electron chi connectivity index (χ0n) is 6.56. The van der Waals surface area contributed by atoms with Crippen molar-refractivity contribution in [3.63, 3.8) is 0 Å². The van der Waals surface area contributed by atoms with E-state index in [4.69, 9.17) is 0 Å². The van der Waals surface area contributed by atoms with Crippen LogP contribution in [0.15, 0.2) is 23.7 Å². The molecule has 0 atom stereocenters. The molecule has 0 aliphatic rings. The summed E-state index contributed by atoms with van der Waals surface area (Å²) in [6.45, 7) is 3.41. The van der Waals surface area contributed by atoms with Gasteiger partial charge in [-0.1, -0.05) is 17.8 Å².